The van der Waals surface area contributed by atoms with Gasteiger partial charge in [0.15, 0.2) is 0 Å². The summed E-state index contributed by atoms with van der Waals surface area (Å²) >= 11 is 0. The van der Waals surface area contributed by atoms with Crippen LogP contribution in [0.4, 0.5) is 4.79 Å². The smallest absolute Gasteiger partial charge is 0.410 e. The summed E-state index contributed by atoms with van der Waals surface area (Å²) in [6.07, 6.45) is 7.57. The molecule has 11 heteroatoms. The minimum atomic E-state index is -0.296. The van der Waals surface area contributed by atoms with Crippen molar-refractivity contribution < 1.29 is 14.3 Å². The molecule has 1 saturated heterocycles. The van der Waals surface area contributed by atoms with Gasteiger partial charge in [-0.15, -0.1) is 5.10 Å². The Morgan fingerprint density at radius 1 is 1.28 bits per heavy atom. The van der Waals surface area contributed by atoms with Gasteiger partial charge in [-0.2, -0.15) is 10.4 Å². The second kappa shape index (κ2) is 9.47. The number of piperidine rings is 1. The van der Waals surface area contributed by atoms with Gasteiger partial charge < -0.3 is 14.4 Å². The van der Waals surface area contributed by atoms with E-state index in [4.69, 9.17) is 9.47 Å². The fourth-order valence-corrected chi connectivity index (χ4v) is 3.56. The van der Waals surface area contributed by atoms with Gasteiger partial charge in [0.2, 0.25) is 5.88 Å². The quantitative estimate of drug-likeness (QED) is 0.577. The lowest BCUT2D eigenvalue weighted by atomic mass is 10.1. The molecule has 1 amide bonds. The summed E-state index contributed by atoms with van der Waals surface area (Å²) in [7, 11) is 0. The van der Waals surface area contributed by atoms with Gasteiger partial charge in [0.25, 0.3) is 0 Å². The van der Waals surface area contributed by atoms with E-state index in [1.165, 1.54) is 0 Å². The molecule has 4 rings (SSSR count). The minimum Gasteiger partial charge on any atom is -0.473 e. The predicted molar refractivity (Wildman–Crippen MR) is 112 cm³/mol. The molecule has 32 heavy (non-hydrogen) atoms. The molecular weight excluding hydrogens is 412 g/mol. The number of nitriles is 1. The zero-order valence-corrected chi connectivity index (χ0v) is 18.0. The van der Waals surface area contributed by atoms with E-state index in [-0.39, 0.29) is 24.8 Å². The molecule has 166 valence electrons. The zero-order valence-electron chi connectivity index (χ0n) is 18.0. The first kappa shape index (κ1) is 21.3. The van der Waals surface area contributed by atoms with Crippen molar-refractivity contribution >= 4 is 6.09 Å². The monoisotopic (exact) mass is 436 g/mol. The summed E-state index contributed by atoms with van der Waals surface area (Å²) in [5.74, 6) is 0.433. The Bertz CT molecular complexity index is 1080. The second-order valence-corrected chi connectivity index (χ2v) is 7.72. The van der Waals surface area contributed by atoms with Crippen molar-refractivity contribution in [2.24, 2.45) is 0 Å². The highest BCUT2D eigenvalue weighted by atomic mass is 16.6. The lowest BCUT2D eigenvalue weighted by molar-refractivity contribution is 0.0652. The lowest BCUT2D eigenvalue weighted by Crippen LogP contribution is -2.40. The first-order valence-corrected chi connectivity index (χ1v) is 10.4. The molecule has 0 N–H and O–H groups in total. The molecule has 0 unspecified atom stereocenters. The number of likely N-dealkylation sites (tertiary alicyclic amines) is 1. The summed E-state index contributed by atoms with van der Waals surface area (Å²) in [4.78, 5) is 18.1. The number of hydrogen-bond donors (Lipinski definition) is 0. The van der Waals surface area contributed by atoms with Gasteiger partial charge in [-0.3, -0.25) is 4.68 Å². The molecule has 1 fully saturated rings. The highest BCUT2D eigenvalue weighted by molar-refractivity contribution is 5.67. The van der Waals surface area contributed by atoms with Crippen LogP contribution >= 0.6 is 0 Å². The topological polar surface area (TPSA) is 124 Å². The number of ether oxygens (including phenoxy) is 2. The molecule has 0 aromatic carbocycles. The van der Waals surface area contributed by atoms with Crippen LogP contribution in [0.5, 0.6) is 5.88 Å². The van der Waals surface area contributed by atoms with E-state index < -0.39 is 0 Å². The fourth-order valence-electron chi connectivity index (χ4n) is 3.56. The Balaban J connectivity index is 1.36. The van der Waals surface area contributed by atoms with E-state index in [0.29, 0.717) is 43.1 Å². The number of rotatable bonds is 6. The van der Waals surface area contributed by atoms with Gasteiger partial charge in [0, 0.05) is 24.7 Å². The maximum absolute atomic E-state index is 12.1. The first-order valence-electron chi connectivity index (χ1n) is 10.4. The van der Waals surface area contributed by atoms with Crippen LogP contribution in [0.1, 0.15) is 44.0 Å². The van der Waals surface area contributed by atoms with Gasteiger partial charge >= 0.3 is 6.09 Å². The SMILES string of the molecule is CC(C)OC(=O)N1CCC(n2ncc(COc3ccc(-n4ccnn4)cn3)c2C#N)CC1. The summed E-state index contributed by atoms with van der Waals surface area (Å²) in [5.41, 5.74) is 1.92. The molecule has 4 heterocycles. The van der Waals surface area contributed by atoms with Crippen molar-refractivity contribution in [2.75, 3.05) is 13.1 Å². The molecule has 3 aromatic heterocycles. The first-order chi connectivity index (χ1) is 15.5. The van der Waals surface area contributed by atoms with E-state index in [1.807, 2.05) is 19.9 Å². The molecule has 0 bridgehead atoms. The Morgan fingerprint density at radius 2 is 2.09 bits per heavy atom. The van der Waals surface area contributed by atoms with Crippen LogP contribution in [-0.2, 0) is 11.3 Å². The number of pyridine rings is 1. The third-order valence-electron chi connectivity index (χ3n) is 5.17. The van der Waals surface area contributed by atoms with Crippen LogP contribution in [-0.4, -0.2) is 59.9 Å². The molecule has 0 saturated carbocycles. The zero-order chi connectivity index (χ0) is 22.5. The molecule has 11 nitrogen and oxygen atoms in total. The Morgan fingerprint density at radius 3 is 2.72 bits per heavy atom. The van der Waals surface area contributed by atoms with Crippen LogP contribution in [0, 0.1) is 11.3 Å². The molecule has 0 atom stereocenters. The maximum atomic E-state index is 12.1. The average Bonchev–Trinajstić information content (AvgIpc) is 3.48. The highest BCUT2D eigenvalue weighted by Gasteiger charge is 2.27. The molecule has 0 aliphatic carbocycles. The number of carbonyl (C=O) groups excluding carboxylic acids is 1. The highest BCUT2D eigenvalue weighted by Crippen LogP contribution is 2.25. The van der Waals surface area contributed by atoms with E-state index in [2.05, 4.69) is 26.5 Å². The number of nitrogens with zero attached hydrogens (tertiary/aromatic N) is 8. The average molecular weight is 436 g/mol. The van der Waals surface area contributed by atoms with Gasteiger partial charge in [-0.25, -0.2) is 14.5 Å². The van der Waals surface area contributed by atoms with Gasteiger partial charge in [-0.1, -0.05) is 5.21 Å². The standard InChI is InChI=1S/C21H24N8O3/c1-15(2)32-21(30)27-8-5-17(6-9-27)29-19(11-22)16(12-25-29)14-31-20-4-3-18(13-23-20)28-10-7-24-26-28/h3-4,7,10,12-13,15,17H,5-6,8-9,14H2,1-2H3. The van der Waals surface area contributed by atoms with Crippen molar-refractivity contribution in [2.45, 2.75) is 45.4 Å². The molecule has 1 aliphatic heterocycles. The Labute approximate surface area is 185 Å². The number of aromatic nitrogens is 6. The van der Waals surface area contributed by atoms with Gasteiger partial charge in [-0.05, 0) is 32.8 Å². The second-order valence-electron chi connectivity index (χ2n) is 7.72. The van der Waals surface area contributed by atoms with Crippen LogP contribution in [0.25, 0.3) is 5.69 Å². The summed E-state index contributed by atoms with van der Waals surface area (Å²) in [5, 5.41) is 21.8. The van der Waals surface area contributed by atoms with Crippen molar-refractivity contribution in [3.8, 4) is 17.6 Å². The van der Waals surface area contributed by atoms with Crippen molar-refractivity contribution in [3.05, 3.63) is 48.2 Å². The third kappa shape index (κ3) is 4.69. The normalized spacial score (nSPS) is 14.4. The van der Waals surface area contributed by atoms with Crippen LogP contribution in [0.15, 0.2) is 36.9 Å². The summed E-state index contributed by atoms with van der Waals surface area (Å²) < 4.78 is 14.4. The van der Waals surface area contributed by atoms with Crippen molar-refractivity contribution in [3.63, 3.8) is 0 Å². The molecule has 1 aliphatic rings. The van der Waals surface area contributed by atoms with E-state index in [1.54, 1.807) is 45.1 Å². The van der Waals surface area contributed by atoms with Gasteiger partial charge in [0.1, 0.15) is 18.4 Å². The number of amides is 1. The van der Waals surface area contributed by atoms with E-state index >= 15 is 0 Å². The lowest BCUT2D eigenvalue weighted by Gasteiger charge is -2.32. The van der Waals surface area contributed by atoms with Crippen LogP contribution < -0.4 is 4.74 Å². The van der Waals surface area contributed by atoms with Crippen molar-refractivity contribution in [1.29, 1.82) is 5.26 Å². The number of hydrogen-bond acceptors (Lipinski definition) is 8. The van der Waals surface area contributed by atoms with Crippen LogP contribution in [0.3, 0.4) is 0 Å². The fraction of sp³-hybridized carbons (Fsp3) is 0.429. The summed E-state index contributed by atoms with van der Waals surface area (Å²) in [6.45, 7) is 4.97. The van der Waals surface area contributed by atoms with Gasteiger partial charge in [0.05, 0.1) is 42.6 Å². The van der Waals surface area contributed by atoms with Crippen LogP contribution in [0.2, 0.25) is 0 Å². The molecule has 0 radical (unpaired) electrons. The molecular formula is C21H24N8O3. The number of carbonyl (C=O) groups is 1. The minimum absolute atomic E-state index is 0.0431. The third-order valence-corrected chi connectivity index (χ3v) is 5.17. The predicted octanol–water partition coefficient (Wildman–Crippen LogP) is 2.49. The van der Waals surface area contributed by atoms with E-state index in [9.17, 15) is 10.1 Å². The Kier molecular flexibility index (Phi) is 6.30. The summed E-state index contributed by atoms with van der Waals surface area (Å²) in [6, 6.07) is 5.84. The Hall–Kier alpha value is -3.94. The van der Waals surface area contributed by atoms with E-state index in [0.717, 1.165) is 5.69 Å². The molecule has 0 spiro atoms. The maximum Gasteiger partial charge on any atom is 0.410 e. The molecule has 3 aromatic rings. The van der Waals surface area contributed by atoms with Crippen molar-refractivity contribution in [1.82, 2.24) is 34.7 Å². The largest absolute Gasteiger partial charge is 0.473 e.